The minimum absolute atomic E-state index is 0.159. The molecule has 0 aromatic heterocycles. The Hall–Kier alpha value is -2.62. The van der Waals surface area contributed by atoms with Crippen molar-refractivity contribution in [1.29, 1.82) is 0 Å². The molecule has 3 rings (SSSR count). The van der Waals surface area contributed by atoms with Gasteiger partial charge < -0.3 is 4.74 Å². The summed E-state index contributed by atoms with van der Waals surface area (Å²) in [7, 11) is 0. The van der Waals surface area contributed by atoms with Crippen molar-refractivity contribution >= 4 is 22.6 Å². The van der Waals surface area contributed by atoms with Crippen LogP contribution in [0.1, 0.15) is 17.3 Å². The number of amides is 1. The zero-order valence-electron chi connectivity index (χ0n) is 11.7. The summed E-state index contributed by atoms with van der Waals surface area (Å²) in [5.74, 6) is -0.159. The third kappa shape index (κ3) is 2.29. The summed E-state index contributed by atoms with van der Waals surface area (Å²) in [6.07, 6.45) is 1.20. The minimum Gasteiger partial charge on any atom is -0.447 e. The fourth-order valence-electron chi connectivity index (χ4n) is 2.58. The quantitative estimate of drug-likeness (QED) is 0.640. The smallest absolute Gasteiger partial charge is 0.414 e. The molecule has 21 heavy (non-hydrogen) atoms. The maximum atomic E-state index is 12.8. The first kappa shape index (κ1) is 13.4. The van der Waals surface area contributed by atoms with Crippen LogP contribution in [-0.4, -0.2) is 29.9 Å². The van der Waals surface area contributed by atoms with E-state index in [1.807, 2.05) is 36.4 Å². The van der Waals surface area contributed by atoms with Gasteiger partial charge in [0.1, 0.15) is 6.61 Å². The number of nitrogens with zero attached hydrogens (tertiary/aromatic N) is 1. The molecular formula is C17H15NO3. The van der Waals surface area contributed by atoms with E-state index in [1.165, 1.54) is 4.90 Å². The molecule has 0 spiro atoms. The molecule has 1 saturated heterocycles. The van der Waals surface area contributed by atoms with E-state index in [0.717, 1.165) is 10.8 Å². The Morgan fingerprint density at radius 3 is 2.67 bits per heavy atom. The molecule has 106 valence electrons. The Balaban J connectivity index is 2.05. The van der Waals surface area contributed by atoms with Gasteiger partial charge in [-0.3, -0.25) is 9.69 Å². The molecule has 0 aliphatic carbocycles. The van der Waals surface area contributed by atoms with Crippen molar-refractivity contribution in [1.82, 2.24) is 4.90 Å². The van der Waals surface area contributed by atoms with Crippen LogP contribution in [0.3, 0.4) is 0 Å². The van der Waals surface area contributed by atoms with Crippen LogP contribution >= 0.6 is 0 Å². The fourth-order valence-corrected chi connectivity index (χ4v) is 2.58. The summed E-state index contributed by atoms with van der Waals surface area (Å²) in [4.78, 5) is 25.9. The maximum absolute atomic E-state index is 12.8. The predicted molar refractivity (Wildman–Crippen MR) is 80.1 cm³/mol. The van der Waals surface area contributed by atoms with Gasteiger partial charge in [-0.1, -0.05) is 48.5 Å². The number of benzene rings is 2. The highest BCUT2D eigenvalue weighted by atomic mass is 16.6. The first-order valence-corrected chi connectivity index (χ1v) is 6.85. The van der Waals surface area contributed by atoms with E-state index in [-0.39, 0.29) is 5.78 Å². The van der Waals surface area contributed by atoms with Gasteiger partial charge in [0.2, 0.25) is 5.78 Å². The van der Waals surface area contributed by atoms with Crippen LogP contribution in [0.5, 0.6) is 0 Å². The molecule has 1 aliphatic rings. The molecule has 4 heteroatoms. The van der Waals surface area contributed by atoms with E-state index in [4.69, 9.17) is 4.74 Å². The van der Waals surface area contributed by atoms with E-state index in [0.29, 0.717) is 24.4 Å². The second-order valence-corrected chi connectivity index (χ2v) is 4.80. The molecule has 0 unspecified atom stereocenters. The van der Waals surface area contributed by atoms with E-state index in [2.05, 4.69) is 0 Å². The number of cyclic esters (lactones) is 1. The van der Waals surface area contributed by atoms with Gasteiger partial charge in [0, 0.05) is 5.56 Å². The van der Waals surface area contributed by atoms with Gasteiger partial charge in [-0.2, -0.15) is 0 Å². The molecule has 0 bridgehead atoms. The summed E-state index contributed by atoms with van der Waals surface area (Å²) < 4.78 is 4.92. The van der Waals surface area contributed by atoms with Crippen molar-refractivity contribution in [2.75, 3.05) is 13.2 Å². The molecule has 0 radical (unpaired) electrons. The molecule has 2 aromatic rings. The number of hydrogen-bond donors (Lipinski definition) is 0. The van der Waals surface area contributed by atoms with E-state index in [9.17, 15) is 9.59 Å². The number of hydrogen-bond acceptors (Lipinski definition) is 3. The second-order valence-electron chi connectivity index (χ2n) is 4.80. The Morgan fingerprint density at radius 1 is 1.19 bits per heavy atom. The first-order valence-electron chi connectivity index (χ1n) is 6.85. The SMILES string of the molecule is C/C=C(\C(=O)c1cccc2ccccc12)N1CCOC1=O. The Labute approximate surface area is 122 Å². The number of rotatable bonds is 3. The van der Waals surface area contributed by atoms with Crippen molar-refractivity contribution in [2.45, 2.75) is 6.92 Å². The molecule has 0 N–H and O–H groups in total. The lowest BCUT2D eigenvalue weighted by Crippen LogP contribution is -2.28. The maximum Gasteiger partial charge on any atom is 0.414 e. The average Bonchev–Trinajstić information content (AvgIpc) is 2.93. The summed E-state index contributed by atoms with van der Waals surface area (Å²) in [5, 5.41) is 1.89. The monoisotopic (exact) mass is 281 g/mol. The Bertz CT molecular complexity index is 743. The summed E-state index contributed by atoms with van der Waals surface area (Å²) in [6.45, 7) is 2.48. The van der Waals surface area contributed by atoms with Crippen molar-refractivity contribution in [2.24, 2.45) is 0 Å². The van der Waals surface area contributed by atoms with Crippen molar-refractivity contribution in [3.05, 3.63) is 59.8 Å². The molecule has 1 aliphatic heterocycles. The zero-order valence-corrected chi connectivity index (χ0v) is 11.7. The highest BCUT2D eigenvalue weighted by Gasteiger charge is 2.29. The molecule has 4 nitrogen and oxygen atoms in total. The third-order valence-corrected chi connectivity index (χ3v) is 3.59. The molecule has 0 saturated carbocycles. The molecule has 1 fully saturated rings. The van der Waals surface area contributed by atoms with Gasteiger partial charge in [-0.25, -0.2) is 4.79 Å². The third-order valence-electron chi connectivity index (χ3n) is 3.59. The predicted octanol–water partition coefficient (Wildman–Crippen LogP) is 3.38. The van der Waals surface area contributed by atoms with Gasteiger partial charge in [0.05, 0.1) is 12.2 Å². The van der Waals surface area contributed by atoms with Crippen LogP contribution in [0, 0.1) is 0 Å². The van der Waals surface area contributed by atoms with Crippen molar-refractivity contribution in [3.8, 4) is 0 Å². The van der Waals surface area contributed by atoms with Gasteiger partial charge in [-0.05, 0) is 17.7 Å². The Kier molecular flexibility index (Phi) is 3.44. The minimum atomic E-state index is -0.461. The van der Waals surface area contributed by atoms with Crippen LogP contribution < -0.4 is 0 Å². The number of carbonyl (C=O) groups is 2. The van der Waals surface area contributed by atoms with Crippen LogP contribution in [-0.2, 0) is 4.74 Å². The summed E-state index contributed by atoms with van der Waals surface area (Å²) in [5.41, 5.74) is 0.967. The summed E-state index contributed by atoms with van der Waals surface area (Å²) in [6, 6.07) is 13.3. The molecule has 0 atom stereocenters. The van der Waals surface area contributed by atoms with Gasteiger partial charge >= 0.3 is 6.09 Å². The molecule has 1 heterocycles. The first-order chi connectivity index (χ1) is 10.2. The van der Waals surface area contributed by atoms with Gasteiger partial charge in [-0.15, -0.1) is 0 Å². The lowest BCUT2D eigenvalue weighted by atomic mass is 9.99. The lowest BCUT2D eigenvalue weighted by molar-refractivity contribution is 0.0996. The molecule has 2 aromatic carbocycles. The van der Waals surface area contributed by atoms with Crippen LogP contribution in [0.2, 0.25) is 0 Å². The standard InChI is InChI=1S/C17H15NO3/c1-2-15(18-10-11-21-17(18)20)16(19)14-9-5-7-12-6-3-4-8-13(12)14/h2-9H,10-11H2,1H3/b15-2+. The van der Waals surface area contributed by atoms with Gasteiger partial charge in [0.25, 0.3) is 0 Å². The number of fused-ring (bicyclic) bond motifs is 1. The highest BCUT2D eigenvalue weighted by Crippen LogP contribution is 2.23. The van der Waals surface area contributed by atoms with E-state index >= 15 is 0 Å². The van der Waals surface area contributed by atoms with Crippen LogP contribution in [0.15, 0.2) is 54.2 Å². The zero-order chi connectivity index (χ0) is 14.8. The number of carbonyl (C=O) groups excluding carboxylic acids is 2. The van der Waals surface area contributed by atoms with E-state index < -0.39 is 6.09 Å². The van der Waals surface area contributed by atoms with Crippen molar-refractivity contribution < 1.29 is 14.3 Å². The highest BCUT2D eigenvalue weighted by molar-refractivity contribution is 6.16. The van der Waals surface area contributed by atoms with Gasteiger partial charge in [0.15, 0.2) is 0 Å². The number of ketones is 1. The lowest BCUT2D eigenvalue weighted by Gasteiger charge is -2.16. The Morgan fingerprint density at radius 2 is 1.95 bits per heavy atom. The summed E-state index contributed by atoms with van der Waals surface area (Å²) >= 11 is 0. The largest absolute Gasteiger partial charge is 0.447 e. The number of Topliss-reactive ketones (excluding diaryl/α,β-unsaturated/α-hetero) is 1. The second kappa shape index (κ2) is 5.40. The normalized spacial score (nSPS) is 15.4. The van der Waals surface area contributed by atoms with E-state index in [1.54, 1.807) is 19.1 Å². The fraction of sp³-hybridized carbons (Fsp3) is 0.176. The van der Waals surface area contributed by atoms with Crippen molar-refractivity contribution in [3.63, 3.8) is 0 Å². The average molecular weight is 281 g/mol. The molecular weight excluding hydrogens is 266 g/mol. The number of allylic oxidation sites excluding steroid dienone is 2. The van der Waals surface area contributed by atoms with Crippen LogP contribution in [0.25, 0.3) is 10.8 Å². The van der Waals surface area contributed by atoms with Crippen LogP contribution in [0.4, 0.5) is 4.79 Å². The molecule has 1 amide bonds. The topological polar surface area (TPSA) is 46.6 Å². The number of ether oxygens (including phenoxy) is 1.